The molecule has 0 radical (unpaired) electrons. The average Bonchev–Trinajstić information content (AvgIpc) is 3.29. The zero-order chi connectivity index (χ0) is 23.7. The molecule has 7 heteroatoms. The van der Waals surface area contributed by atoms with Gasteiger partial charge in [-0.3, -0.25) is 18.7 Å². The number of aryl methyl sites for hydroxylation is 1. The summed E-state index contributed by atoms with van der Waals surface area (Å²) < 4.78 is 3.31. The van der Waals surface area contributed by atoms with Gasteiger partial charge in [-0.05, 0) is 54.2 Å². The van der Waals surface area contributed by atoms with Crippen LogP contribution in [-0.2, 0) is 13.5 Å². The third-order valence-electron chi connectivity index (χ3n) is 6.63. The summed E-state index contributed by atoms with van der Waals surface area (Å²) in [5.41, 5.74) is 4.62. The van der Waals surface area contributed by atoms with E-state index in [1.54, 1.807) is 23.0 Å². The lowest BCUT2D eigenvalue weighted by Crippen LogP contribution is -2.46. The van der Waals surface area contributed by atoms with Gasteiger partial charge in [-0.2, -0.15) is 5.10 Å². The summed E-state index contributed by atoms with van der Waals surface area (Å²) in [5, 5.41) is 17.4. The molecule has 0 spiro atoms. The average molecular weight is 457 g/mol. The van der Waals surface area contributed by atoms with Crippen LogP contribution in [0.1, 0.15) is 47.2 Å². The molecule has 4 aromatic rings. The van der Waals surface area contributed by atoms with Gasteiger partial charge in [-0.25, -0.2) is 0 Å². The summed E-state index contributed by atoms with van der Waals surface area (Å²) in [4.78, 5) is 26.2. The Hall–Kier alpha value is -3.71. The number of nitrogens with one attached hydrogen (secondary N) is 1. The molecule has 0 aliphatic heterocycles. The van der Waals surface area contributed by atoms with Crippen LogP contribution in [-0.4, -0.2) is 37.3 Å². The maximum Gasteiger partial charge on any atom is 0.267 e. The number of pyridine rings is 2. The van der Waals surface area contributed by atoms with Crippen molar-refractivity contribution < 1.29 is 9.90 Å². The number of aromatic nitrogens is 3. The second kappa shape index (κ2) is 9.27. The first kappa shape index (κ1) is 22.1. The van der Waals surface area contributed by atoms with Crippen LogP contribution in [0.3, 0.4) is 0 Å². The smallest absolute Gasteiger partial charge is 0.267 e. The number of aliphatic hydroxyl groups is 1. The van der Waals surface area contributed by atoms with Gasteiger partial charge in [0.2, 0.25) is 0 Å². The maximum atomic E-state index is 13.1. The van der Waals surface area contributed by atoms with Crippen LogP contribution < -0.4 is 10.9 Å². The topological polar surface area (TPSA) is 88.6 Å². The van der Waals surface area contributed by atoms with E-state index in [-0.39, 0.29) is 17.2 Å². The summed E-state index contributed by atoms with van der Waals surface area (Å²) in [6.07, 6.45) is 8.81. The quantitative estimate of drug-likeness (QED) is 0.482. The zero-order valence-electron chi connectivity index (χ0n) is 19.1. The molecule has 1 aliphatic rings. The lowest BCUT2D eigenvalue weighted by Gasteiger charge is -2.28. The fraction of sp³-hybridized carbons (Fsp3) is 0.296. The van der Waals surface area contributed by atoms with Gasteiger partial charge < -0.3 is 10.4 Å². The molecule has 0 unspecified atom stereocenters. The molecule has 7 nitrogen and oxygen atoms in total. The number of carbonyl (C=O) groups is 1. The van der Waals surface area contributed by atoms with Gasteiger partial charge in [-0.15, -0.1) is 0 Å². The van der Waals surface area contributed by atoms with Crippen LogP contribution >= 0.6 is 0 Å². The molecule has 2 atom stereocenters. The van der Waals surface area contributed by atoms with E-state index in [1.165, 1.54) is 4.40 Å². The van der Waals surface area contributed by atoms with E-state index in [4.69, 9.17) is 0 Å². The Morgan fingerprint density at radius 1 is 1.12 bits per heavy atom. The van der Waals surface area contributed by atoms with Crippen molar-refractivity contribution in [3.05, 3.63) is 94.2 Å². The first-order chi connectivity index (χ1) is 16.5. The zero-order valence-corrected chi connectivity index (χ0v) is 19.1. The van der Waals surface area contributed by atoms with Crippen molar-refractivity contribution in [3.8, 4) is 11.1 Å². The van der Waals surface area contributed by atoms with Gasteiger partial charge in [0, 0.05) is 25.0 Å². The van der Waals surface area contributed by atoms with E-state index in [0.717, 1.165) is 47.0 Å². The van der Waals surface area contributed by atoms with E-state index in [1.807, 2.05) is 31.6 Å². The Morgan fingerprint density at radius 3 is 2.65 bits per heavy atom. The van der Waals surface area contributed by atoms with E-state index in [9.17, 15) is 14.7 Å². The van der Waals surface area contributed by atoms with E-state index < -0.39 is 12.0 Å². The second-order valence-corrected chi connectivity index (χ2v) is 9.05. The van der Waals surface area contributed by atoms with Crippen molar-refractivity contribution in [3.63, 3.8) is 0 Å². The number of benzene rings is 1. The molecular weight excluding hydrogens is 428 g/mol. The number of fused-ring (bicyclic) bond motifs is 1. The van der Waals surface area contributed by atoms with Crippen LogP contribution in [0.5, 0.6) is 0 Å². The molecule has 2 N–H and O–H groups in total. The van der Waals surface area contributed by atoms with E-state index in [2.05, 4.69) is 34.7 Å². The van der Waals surface area contributed by atoms with E-state index in [0.29, 0.717) is 12.8 Å². The number of amides is 1. The van der Waals surface area contributed by atoms with Crippen molar-refractivity contribution in [2.75, 3.05) is 0 Å². The molecule has 34 heavy (non-hydrogen) atoms. The Bertz CT molecular complexity index is 1390. The van der Waals surface area contributed by atoms with Gasteiger partial charge in [-0.1, -0.05) is 43.2 Å². The first-order valence-electron chi connectivity index (χ1n) is 11.7. The number of aliphatic hydroxyl groups excluding tert-OH is 1. The predicted octanol–water partition coefficient (Wildman–Crippen LogP) is 3.32. The highest BCUT2D eigenvalue weighted by molar-refractivity contribution is 5.95. The number of carbonyl (C=O) groups excluding carboxylic acids is 1. The molecule has 1 saturated carbocycles. The molecule has 0 bridgehead atoms. The normalized spacial score (nSPS) is 18.2. The molecule has 5 rings (SSSR count). The molecule has 1 amide bonds. The van der Waals surface area contributed by atoms with Crippen molar-refractivity contribution >= 4 is 11.4 Å². The monoisotopic (exact) mass is 456 g/mol. The molecule has 3 aromatic heterocycles. The predicted molar refractivity (Wildman–Crippen MR) is 131 cm³/mol. The summed E-state index contributed by atoms with van der Waals surface area (Å²) in [5.74, 6) is -0.428. The van der Waals surface area contributed by atoms with Crippen LogP contribution in [0.25, 0.3) is 16.6 Å². The minimum absolute atomic E-state index is 0.100. The van der Waals surface area contributed by atoms with Gasteiger partial charge in [0.15, 0.2) is 0 Å². The summed E-state index contributed by atoms with van der Waals surface area (Å²) >= 11 is 0. The largest absolute Gasteiger partial charge is 0.391 e. The van der Waals surface area contributed by atoms with Gasteiger partial charge in [0.25, 0.3) is 11.5 Å². The molecule has 0 saturated heterocycles. The minimum atomic E-state index is -0.571. The first-order valence-corrected chi connectivity index (χ1v) is 11.7. The van der Waals surface area contributed by atoms with Gasteiger partial charge in [0.1, 0.15) is 5.56 Å². The maximum absolute atomic E-state index is 13.1. The highest BCUT2D eigenvalue weighted by atomic mass is 16.3. The fourth-order valence-corrected chi connectivity index (χ4v) is 4.76. The molecule has 1 aliphatic carbocycles. The van der Waals surface area contributed by atoms with Crippen LogP contribution in [0, 0.1) is 0 Å². The Morgan fingerprint density at radius 2 is 1.91 bits per heavy atom. The summed E-state index contributed by atoms with van der Waals surface area (Å²) in [7, 11) is 1.89. The van der Waals surface area contributed by atoms with E-state index >= 15 is 0 Å². The van der Waals surface area contributed by atoms with Gasteiger partial charge in [0.05, 0.1) is 23.9 Å². The van der Waals surface area contributed by atoms with Crippen LogP contribution in [0.15, 0.2) is 71.9 Å². The van der Waals surface area contributed by atoms with Crippen LogP contribution in [0.4, 0.5) is 0 Å². The summed E-state index contributed by atoms with van der Waals surface area (Å²) in [6.45, 7) is 0. The van der Waals surface area contributed by atoms with Crippen molar-refractivity contribution in [1.29, 1.82) is 0 Å². The number of rotatable bonds is 5. The molecule has 1 fully saturated rings. The van der Waals surface area contributed by atoms with Gasteiger partial charge >= 0.3 is 0 Å². The minimum Gasteiger partial charge on any atom is -0.391 e. The molecule has 1 aromatic carbocycles. The molecule has 174 valence electrons. The summed E-state index contributed by atoms with van der Waals surface area (Å²) in [6, 6.07) is 15.2. The Balaban J connectivity index is 1.46. The van der Waals surface area contributed by atoms with Crippen LogP contribution in [0.2, 0.25) is 0 Å². The van der Waals surface area contributed by atoms with Crippen molar-refractivity contribution in [2.24, 2.45) is 7.05 Å². The highest BCUT2D eigenvalue weighted by Crippen LogP contribution is 2.22. The Labute approximate surface area is 197 Å². The third kappa shape index (κ3) is 4.39. The molecule has 3 heterocycles. The SMILES string of the molecule is Cn1cc(-c2ccc(Cc3cc(C(=O)N[C@H]4CCCC[C@@H]4O)c(=O)n4ccccc34)cc2)cn1. The fourth-order valence-electron chi connectivity index (χ4n) is 4.76. The number of hydrogen-bond acceptors (Lipinski definition) is 4. The lowest BCUT2D eigenvalue weighted by atomic mass is 9.92. The van der Waals surface area contributed by atoms with Crippen molar-refractivity contribution in [2.45, 2.75) is 44.2 Å². The second-order valence-electron chi connectivity index (χ2n) is 9.05. The van der Waals surface area contributed by atoms with Crippen molar-refractivity contribution in [1.82, 2.24) is 19.5 Å². The lowest BCUT2D eigenvalue weighted by molar-refractivity contribution is 0.0716. The number of hydrogen-bond donors (Lipinski definition) is 2. The number of nitrogens with zero attached hydrogens (tertiary/aromatic N) is 3. The third-order valence-corrected chi connectivity index (χ3v) is 6.63. The standard InChI is InChI=1S/C27H28N4O3/c1-30-17-21(16-28-30)19-11-9-18(10-12-19)14-20-15-22(27(34)31-13-5-4-7-24(20)31)26(33)29-23-6-2-3-8-25(23)32/h4-5,7,9-13,15-17,23,25,32H,2-3,6,8,14H2,1H3,(H,29,33)/t23-,25-/m0/s1. The highest BCUT2D eigenvalue weighted by Gasteiger charge is 2.26. The molecular formula is C27H28N4O3. The Kier molecular flexibility index (Phi) is 6.02.